The standard InChI is InChI=1S/C13H17NO2/c1-4-12(15)14-5-6-16-11-8-9(2)7-10(3)13(11)14/h7-8H,4-6H2,1-3H3. The van der Waals surface area contributed by atoms with Crippen LogP contribution in [0.1, 0.15) is 24.5 Å². The lowest BCUT2D eigenvalue weighted by Crippen LogP contribution is -2.38. The Hall–Kier alpha value is -1.51. The number of hydrogen-bond donors (Lipinski definition) is 0. The van der Waals surface area contributed by atoms with Crippen LogP contribution in [-0.2, 0) is 4.79 Å². The van der Waals surface area contributed by atoms with Crippen molar-refractivity contribution < 1.29 is 9.53 Å². The Kier molecular flexibility index (Phi) is 2.86. The van der Waals surface area contributed by atoms with Crippen LogP contribution in [-0.4, -0.2) is 19.1 Å². The van der Waals surface area contributed by atoms with Crippen LogP contribution in [0, 0.1) is 13.8 Å². The van der Waals surface area contributed by atoms with Gasteiger partial charge in [0.25, 0.3) is 0 Å². The Morgan fingerprint density at radius 2 is 2.19 bits per heavy atom. The van der Waals surface area contributed by atoms with Crippen LogP contribution in [0.5, 0.6) is 5.75 Å². The fourth-order valence-electron chi connectivity index (χ4n) is 2.18. The van der Waals surface area contributed by atoms with Crippen LogP contribution in [0.15, 0.2) is 12.1 Å². The van der Waals surface area contributed by atoms with Crippen LogP contribution >= 0.6 is 0 Å². The molecule has 0 saturated carbocycles. The van der Waals surface area contributed by atoms with Crippen LogP contribution in [0.25, 0.3) is 0 Å². The van der Waals surface area contributed by atoms with E-state index in [-0.39, 0.29) is 5.91 Å². The average Bonchev–Trinajstić information content (AvgIpc) is 2.26. The predicted octanol–water partition coefficient (Wildman–Crippen LogP) is 2.44. The number of anilines is 1. The van der Waals surface area contributed by atoms with Crippen molar-refractivity contribution in [1.82, 2.24) is 0 Å². The van der Waals surface area contributed by atoms with Crippen molar-refractivity contribution in [2.24, 2.45) is 0 Å². The zero-order valence-electron chi connectivity index (χ0n) is 10.0. The first-order valence-electron chi connectivity index (χ1n) is 5.68. The van der Waals surface area contributed by atoms with Crippen LogP contribution in [0.2, 0.25) is 0 Å². The van der Waals surface area contributed by atoms with E-state index in [1.807, 2.05) is 31.7 Å². The van der Waals surface area contributed by atoms with E-state index in [1.54, 1.807) is 0 Å². The smallest absolute Gasteiger partial charge is 0.226 e. The molecule has 0 atom stereocenters. The van der Waals surface area contributed by atoms with Crippen molar-refractivity contribution in [3.8, 4) is 5.75 Å². The van der Waals surface area contributed by atoms with Gasteiger partial charge in [-0.25, -0.2) is 0 Å². The van der Waals surface area contributed by atoms with Gasteiger partial charge in [-0.3, -0.25) is 4.79 Å². The van der Waals surface area contributed by atoms with Crippen molar-refractivity contribution in [2.75, 3.05) is 18.1 Å². The second-order valence-electron chi connectivity index (χ2n) is 4.18. The van der Waals surface area contributed by atoms with E-state index < -0.39 is 0 Å². The molecule has 0 bridgehead atoms. The second-order valence-corrected chi connectivity index (χ2v) is 4.18. The summed E-state index contributed by atoms with van der Waals surface area (Å²) in [6.07, 6.45) is 0.534. The first-order chi connectivity index (χ1) is 7.63. The van der Waals surface area contributed by atoms with Crippen molar-refractivity contribution in [3.63, 3.8) is 0 Å². The molecule has 3 heteroatoms. The zero-order chi connectivity index (χ0) is 11.7. The average molecular weight is 219 g/mol. The first kappa shape index (κ1) is 11.0. The third-order valence-corrected chi connectivity index (χ3v) is 2.86. The molecule has 86 valence electrons. The van der Waals surface area contributed by atoms with E-state index in [4.69, 9.17) is 4.74 Å². The SMILES string of the molecule is CCC(=O)N1CCOc2cc(C)cc(C)c21. The van der Waals surface area contributed by atoms with Crippen molar-refractivity contribution >= 4 is 11.6 Å². The lowest BCUT2D eigenvalue weighted by Gasteiger charge is -2.31. The maximum Gasteiger partial charge on any atom is 0.226 e. The molecule has 1 heterocycles. The summed E-state index contributed by atoms with van der Waals surface area (Å²) >= 11 is 0. The summed E-state index contributed by atoms with van der Waals surface area (Å²) in [5.74, 6) is 1.00. The second kappa shape index (κ2) is 4.16. The van der Waals surface area contributed by atoms with Gasteiger partial charge in [-0.2, -0.15) is 0 Å². The summed E-state index contributed by atoms with van der Waals surface area (Å²) in [4.78, 5) is 13.7. The van der Waals surface area contributed by atoms with Gasteiger partial charge in [0.05, 0.1) is 12.2 Å². The summed E-state index contributed by atoms with van der Waals surface area (Å²) in [6.45, 7) is 7.19. The van der Waals surface area contributed by atoms with Crippen molar-refractivity contribution in [2.45, 2.75) is 27.2 Å². The minimum Gasteiger partial charge on any atom is -0.490 e. The molecule has 1 aromatic carbocycles. The number of carbonyl (C=O) groups excluding carboxylic acids is 1. The molecule has 0 fully saturated rings. The molecule has 0 aliphatic carbocycles. The highest BCUT2D eigenvalue weighted by Crippen LogP contribution is 2.36. The van der Waals surface area contributed by atoms with Crippen molar-refractivity contribution in [3.05, 3.63) is 23.3 Å². The van der Waals surface area contributed by atoms with Crippen LogP contribution < -0.4 is 9.64 Å². The molecule has 0 unspecified atom stereocenters. The van der Waals surface area contributed by atoms with Gasteiger partial charge in [0.2, 0.25) is 5.91 Å². The van der Waals surface area contributed by atoms with Gasteiger partial charge in [-0.15, -0.1) is 0 Å². The molecule has 1 aliphatic heterocycles. The summed E-state index contributed by atoms with van der Waals surface area (Å²) in [6, 6.07) is 4.08. The molecule has 1 aromatic rings. The molecule has 0 saturated heterocycles. The summed E-state index contributed by atoms with van der Waals surface area (Å²) in [7, 11) is 0. The highest BCUT2D eigenvalue weighted by Gasteiger charge is 2.24. The zero-order valence-corrected chi connectivity index (χ0v) is 10.0. The molecule has 1 amide bonds. The normalized spacial score (nSPS) is 14.3. The Bertz CT molecular complexity index is 426. The molecule has 1 aliphatic rings. The van der Waals surface area contributed by atoms with E-state index in [9.17, 15) is 4.79 Å². The van der Waals surface area contributed by atoms with Gasteiger partial charge in [0.1, 0.15) is 12.4 Å². The first-order valence-corrected chi connectivity index (χ1v) is 5.68. The number of benzene rings is 1. The Morgan fingerprint density at radius 3 is 2.88 bits per heavy atom. The minimum absolute atomic E-state index is 0.163. The van der Waals surface area contributed by atoms with Crippen LogP contribution in [0.4, 0.5) is 5.69 Å². The number of rotatable bonds is 1. The van der Waals surface area contributed by atoms with Gasteiger partial charge >= 0.3 is 0 Å². The maximum absolute atomic E-state index is 11.8. The third kappa shape index (κ3) is 1.77. The van der Waals surface area contributed by atoms with E-state index >= 15 is 0 Å². The number of ether oxygens (including phenoxy) is 1. The molecule has 2 rings (SSSR count). The highest BCUT2D eigenvalue weighted by atomic mass is 16.5. The van der Waals surface area contributed by atoms with Crippen molar-refractivity contribution in [1.29, 1.82) is 0 Å². The van der Waals surface area contributed by atoms with E-state index in [1.165, 1.54) is 5.56 Å². The largest absolute Gasteiger partial charge is 0.490 e. The number of amides is 1. The maximum atomic E-state index is 11.8. The Balaban J connectivity index is 2.49. The summed E-state index contributed by atoms with van der Waals surface area (Å²) in [5, 5.41) is 0. The monoisotopic (exact) mass is 219 g/mol. The highest BCUT2D eigenvalue weighted by molar-refractivity contribution is 5.96. The minimum atomic E-state index is 0.163. The van der Waals surface area contributed by atoms with E-state index in [0.717, 1.165) is 17.0 Å². The van der Waals surface area contributed by atoms with Gasteiger partial charge in [0, 0.05) is 6.42 Å². The topological polar surface area (TPSA) is 29.5 Å². The Morgan fingerprint density at radius 1 is 1.44 bits per heavy atom. The molecule has 16 heavy (non-hydrogen) atoms. The van der Waals surface area contributed by atoms with Gasteiger partial charge < -0.3 is 9.64 Å². The fourth-order valence-corrected chi connectivity index (χ4v) is 2.18. The van der Waals surface area contributed by atoms with Gasteiger partial charge in [-0.1, -0.05) is 13.0 Å². The predicted molar refractivity (Wildman–Crippen MR) is 64.1 cm³/mol. The summed E-state index contributed by atoms with van der Waals surface area (Å²) in [5.41, 5.74) is 3.22. The summed E-state index contributed by atoms with van der Waals surface area (Å²) < 4.78 is 5.62. The molecular weight excluding hydrogens is 202 g/mol. The molecule has 0 radical (unpaired) electrons. The molecule has 3 nitrogen and oxygen atoms in total. The third-order valence-electron chi connectivity index (χ3n) is 2.86. The lowest BCUT2D eigenvalue weighted by atomic mass is 10.1. The van der Waals surface area contributed by atoms with Gasteiger partial charge in [-0.05, 0) is 31.0 Å². The Labute approximate surface area is 96.0 Å². The fraction of sp³-hybridized carbons (Fsp3) is 0.462. The van der Waals surface area contributed by atoms with E-state index in [2.05, 4.69) is 6.07 Å². The van der Waals surface area contributed by atoms with E-state index in [0.29, 0.717) is 19.6 Å². The number of nitrogens with zero attached hydrogens (tertiary/aromatic N) is 1. The number of fused-ring (bicyclic) bond motifs is 1. The lowest BCUT2D eigenvalue weighted by molar-refractivity contribution is -0.118. The van der Waals surface area contributed by atoms with Crippen LogP contribution in [0.3, 0.4) is 0 Å². The molecule has 0 aromatic heterocycles. The van der Waals surface area contributed by atoms with Gasteiger partial charge in [0.15, 0.2) is 0 Å². The molecule has 0 spiro atoms. The number of aryl methyl sites for hydroxylation is 2. The molecular formula is C13H17NO2. The number of hydrogen-bond acceptors (Lipinski definition) is 2. The number of carbonyl (C=O) groups is 1. The quantitative estimate of drug-likeness (QED) is 0.726. The molecule has 0 N–H and O–H groups in total.